The van der Waals surface area contributed by atoms with Crippen molar-refractivity contribution in [2.45, 2.75) is 38.5 Å². The Hall–Kier alpha value is -4.20. The minimum atomic E-state index is -0.914. The van der Waals surface area contributed by atoms with Crippen molar-refractivity contribution in [1.82, 2.24) is 10.2 Å². The zero-order chi connectivity index (χ0) is 25.9. The number of nitrogens with one attached hydrogen (secondary N) is 2. The molecule has 0 bridgehead atoms. The molecule has 0 radical (unpaired) electrons. The van der Waals surface area contributed by atoms with E-state index in [1.807, 2.05) is 19.1 Å². The number of ether oxygens (including phenoxy) is 1. The van der Waals surface area contributed by atoms with Crippen LogP contribution in [0.3, 0.4) is 0 Å². The Balaban J connectivity index is 1.34. The van der Waals surface area contributed by atoms with Gasteiger partial charge in [0.1, 0.15) is 5.82 Å². The second-order valence-electron chi connectivity index (χ2n) is 9.64. The fourth-order valence-electron chi connectivity index (χ4n) is 4.38. The fourth-order valence-corrected chi connectivity index (χ4v) is 4.38. The summed E-state index contributed by atoms with van der Waals surface area (Å²) >= 11 is 0. The number of anilines is 1. The van der Waals surface area contributed by atoms with Gasteiger partial charge in [0.25, 0.3) is 5.91 Å². The molecular formula is C29H28FN3O4. The minimum Gasteiger partial charge on any atom is -0.438 e. The molecule has 0 unspecified atom stereocenters. The molecule has 5 rings (SSSR count). The molecule has 8 heteroatoms. The molecule has 1 saturated heterocycles. The van der Waals surface area contributed by atoms with E-state index in [9.17, 15) is 18.8 Å². The molecule has 1 saturated carbocycles. The highest BCUT2D eigenvalue weighted by Gasteiger charge is 2.47. The zero-order valence-electron chi connectivity index (χ0n) is 20.4. The Morgan fingerprint density at radius 1 is 1.03 bits per heavy atom. The quantitative estimate of drug-likeness (QED) is 0.456. The molecule has 1 aliphatic carbocycles. The Bertz CT molecular complexity index is 1310. The lowest BCUT2D eigenvalue weighted by Gasteiger charge is -2.24. The summed E-state index contributed by atoms with van der Waals surface area (Å²) in [5.74, 6) is -0.498. The third-order valence-corrected chi connectivity index (χ3v) is 6.67. The van der Waals surface area contributed by atoms with Crippen molar-refractivity contribution in [1.29, 1.82) is 0 Å². The van der Waals surface area contributed by atoms with E-state index in [1.165, 1.54) is 17.0 Å². The van der Waals surface area contributed by atoms with E-state index in [-0.39, 0.29) is 18.4 Å². The number of carbonyl (C=O) groups is 3. The average Bonchev–Trinajstić information content (AvgIpc) is 3.66. The maximum Gasteiger partial charge on any atom is 0.411 e. The van der Waals surface area contributed by atoms with E-state index < -0.39 is 24.1 Å². The molecule has 2 atom stereocenters. The van der Waals surface area contributed by atoms with Crippen LogP contribution in [0.2, 0.25) is 0 Å². The van der Waals surface area contributed by atoms with Crippen LogP contribution in [0, 0.1) is 18.7 Å². The van der Waals surface area contributed by atoms with E-state index in [4.69, 9.17) is 4.74 Å². The van der Waals surface area contributed by atoms with Gasteiger partial charge in [0.15, 0.2) is 12.1 Å². The summed E-state index contributed by atoms with van der Waals surface area (Å²) in [5, 5.41) is 5.80. The van der Waals surface area contributed by atoms with E-state index in [0.29, 0.717) is 34.8 Å². The van der Waals surface area contributed by atoms with Gasteiger partial charge in [0.05, 0.1) is 6.54 Å². The van der Waals surface area contributed by atoms with Crippen molar-refractivity contribution in [3.8, 4) is 0 Å². The minimum absolute atomic E-state index is 0.0410. The van der Waals surface area contributed by atoms with Gasteiger partial charge in [-0.2, -0.15) is 0 Å². The molecule has 2 fully saturated rings. The average molecular weight is 502 g/mol. The Morgan fingerprint density at radius 2 is 1.76 bits per heavy atom. The number of cyclic esters (lactones) is 1. The number of halogens is 1. The highest BCUT2D eigenvalue weighted by Crippen LogP contribution is 2.35. The van der Waals surface area contributed by atoms with Crippen LogP contribution < -0.4 is 10.6 Å². The summed E-state index contributed by atoms with van der Waals surface area (Å²) < 4.78 is 19.4. The van der Waals surface area contributed by atoms with E-state index in [0.717, 1.165) is 18.4 Å². The lowest BCUT2D eigenvalue weighted by Crippen LogP contribution is -2.46. The molecule has 3 amide bonds. The molecule has 1 heterocycles. The van der Waals surface area contributed by atoms with Crippen molar-refractivity contribution in [3.63, 3.8) is 0 Å². The van der Waals surface area contributed by atoms with Gasteiger partial charge in [0, 0.05) is 17.8 Å². The molecular weight excluding hydrogens is 473 g/mol. The summed E-state index contributed by atoms with van der Waals surface area (Å²) in [6, 6.07) is 19.2. The highest BCUT2D eigenvalue weighted by molar-refractivity contribution is 6.04. The predicted molar refractivity (Wildman–Crippen MR) is 136 cm³/mol. The molecule has 2 aliphatic rings. The number of carbonyl (C=O) groups excluding carboxylic acids is 3. The second-order valence-corrected chi connectivity index (χ2v) is 9.64. The molecule has 3 aromatic carbocycles. The van der Waals surface area contributed by atoms with Crippen LogP contribution in [0.1, 0.15) is 46.0 Å². The third kappa shape index (κ3) is 5.80. The first-order valence-corrected chi connectivity index (χ1v) is 12.3. The van der Waals surface area contributed by atoms with Crippen molar-refractivity contribution in [2.24, 2.45) is 5.92 Å². The summed E-state index contributed by atoms with van der Waals surface area (Å²) in [5.41, 5.74) is 3.36. The normalized spacial score (nSPS) is 18.9. The van der Waals surface area contributed by atoms with E-state index >= 15 is 0 Å². The van der Waals surface area contributed by atoms with Crippen LogP contribution in [-0.4, -0.2) is 35.4 Å². The zero-order valence-corrected chi connectivity index (χ0v) is 20.4. The first-order valence-electron chi connectivity index (χ1n) is 12.3. The Kier molecular flexibility index (Phi) is 6.90. The first kappa shape index (κ1) is 24.5. The van der Waals surface area contributed by atoms with Crippen LogP contribution in [0.5, 0.6) is 0 Å². The van der Waals surface area contributed by atoms with Gasteiger partial charge in [-0.25, -0.2) is 9.18 Å². The number of amides is 3. The molecule has 1 aliphatic heterocycles. The maximum absolute atomic E-state index is 13.8. The maximum atomic E-state index is 13.8. The molecule has 7 nitrogen and oxygen atoms in total. The van der Waals surface area contributed by atoms with Crippen LogP contribution in [0.15, 0.2) is 72.8 Å². The standard InChI is InChI=1S/C29H28FN3O4/c1-18-5-9-22(10-6-18)27(34)32-24-13-11-21(12-14-24)26-25(28(35)31-16-19-7-8-19)33(29(36)37-26)17-20-3-2-4-23(30)15-20/h2-6,9-15,19,25-26H,7-8,16-17H2,1H3,(H,31,35)(H,32,34)/t25-,26+/m0/s1. The summed E-state index contributed by atoms with van der Waals surface area (Å²) in [4.78, 5) is 40.0. The molecule has 3 aromatic rings. The molecule has 0 aromatic heterocycles. The van der Waals surface area contributed by atoms with Crippen molar-refractivity contribution in [3.05, 3.63) is 101 Å². The van der Waals surface area contributed by atoms with Gasteiger partial charge in [0.2, 0.25) is 5.91 Å². The lowest BCUT2D eigenvalue weighted by molar-refractivity contribution is -0.126. The van der Waals surface area contributed by atoms with Gasteiger partial charge in [-0.05, 0) is 73.2 Å². The van der Waals surface area contributed by atoms with Crippen LogP contribution in [-0.2, 0) is 16.1 Å². The van der Waals surface area contributed by atoms with Crippen molar-refractivity contribution in [2.75, 3.05) is 11.9 Å². The van der Waals surface area contributed by atoms with E-state index in [1.54, 1.807) is 48.5 Å². The third-order valence-electron chi connectivity index (χ3n) is 6.67. The van der Waals surface area contributed by atoms with Gasteiger partial charge in [-0.1, -0.05) is 42.0 Å². The highest BCUT2D eigenvalue weighted by atomic mass is 19.1. The van der Waals surface area contributed by atoms with Crippen molar-refractivity contribution >= 4 is 23.6 Å². The number of benzene rings is 3. The summed E-state index contributed by atoms with van der Waals surface area (Å²) in [7, 11) is 0. The monoisotopic (exact) mass is 501 g/mol. The molecule has 37 heavy (non-hydrogen) atoms. The molecule has 190 valence electrons. The number of aryl methyl sites for hydroxylation is 1. The van der Waals surface area contributed by atoms with Crippen LogP contribution in [0.4, 0.5) is 14.9 Å². The predicted octanol–water partition coefficient (Wildman–Crippen LogP) is 4.97. The van der Waals surface area contributed by atoms with Crippen LogP contribution in [0.25, 0.3) is 0 Å². The topological polar surface area (TPSA) is 87.7 Å². The van der Waals surface area contributed by atoms with Crippen molar-refractivity contribution < 1.29 is 23.5 Å². The van der Waals surface area contributed by atoms with Crippen LogP contribution >= 0.6 is 0 Å². The fraction of sp³-hybridized carbons (Fsp3) is 0.276. The lowest BCUT2D eigenvalue weighted by atomic mass is 10.00. The summed E-state index contributed by atoms with van der Waals surface area (Å²) in [6.45, 7) is 2.54. The summed E-state index contributed by atoms with van der Waals surface area (Å²) in [6.07, 6.45) is 0.666. The second kappa shape index (κ2) is 10.4. The smallest absolute Gasteiger partial charge is 0.411 e. The van der Waals surface area contributed by atoms with Gasteiger partial charge < -0.3 is 15.4 Å². The van der Waals surface area contributed by atoms with Gasteiger partial charge >= 0.3 is 6.09 Å². The molecule has 2 N–H and O–H groups in total. The number of hydrogen-bond donors (Lipinski definition) is 2. The molecule has 0 spiro atoms. The number of hydrogen-bond acceptors (Lipinski definition) is 4. The Labute approximate surface area is 214 Å². The largest absolute Gasteiger partial charge is 0.438 e. The first-order chi connectivity index (χ1) is 17.9. The number of nitrogens with zero attached hydrogens (tertiary/aromatic N) is 1. The Morgan fingerprint density at radius 3 is 2.43 bits per heavy atom. The van der Waals surface area contributed by atoms with Gasteiger partial charge in [-0.15, -0.1) is 0 Å². The van der Waals surface area contributed by atoms with Gasteiger partial charge in [-0.3, -0.25) is 14.5 Å². The SMILES string of the molecule is Cc1ccc(C(=O)Nc2ccc([C@H]3OC(=O)N(Cc4cccc(F)c4)[C@@H]3C(=O)NCC3CC3)cc2)cc1. The van der Waals surface area contributed by atoms with E-state index in [2.05, 4.69) is 10.6 Å². The number of rotatable bonds is 8.